The Balaban J connectivity index is 1.80. The number of alkyl halides is 3. The Labute approximate surface area is 208 Å². The lowest BCUT2D eigenvalue weighted by Gasteiger charge is -2.62. The van der Waals surface area contributed by atoms with Gasteiger partial charge in [-0.1, -0.05) is 41.8 Å². The molecule has 0 spiro atoms. The highest BCUT2D eigenvalue weighted by Gasteiger charge is 2.76. The number of aliphatic hydroxyl groups is 1. The molecule has 9 heteroatoms. The normalized spacial score (nSPS) is 43.2. The smallest absolute Gasteiger partial charge is 0.351 e. The van der Waals surface area contributed by atoms with Crippen LogP contribution in [0, 0.1) is 22.7 Å². The van der Waals surface area contributed by atoms with Gasteiger partial charge < -0.3 is 14.6 Å². The zero-order valence-corrected chi connectivity index (χ0v) is 21.3. The Bertz CT molecular complexity index is 978. The Morgan fingerprint density at radius 3 is 2.50 bits per heavy atom. The molecule has 0 aromatic rings. The summed E-state index contributed by atoms with van der Waals surface area (Å²) in [6.07, 6.45) is 3.71. The summed E-state index contributed by atoms with van der Waals surface area (Å²) in [5.41, 5.74) is -5.39. The SMILES string of the molecule is CC(C)OC(=O)[C@@]1(OC(=O)C(Cl)Cl)CC[C@H]2[C@@H]3CCC4=CC(=O)C=C[C@]4(C)[C@@]3(F)[C@@H](O)C[C@@]21C. The van der Waals surface area contributed by atoms with Crippen LogP contribution in [0.2, 0.25) is 0 Å². The largest absolute Gasteiger partial charge is 0.460 e. The number of carbonyl (C=O) groups is 3. The fraction of sp³-hybridized carbons (Fsp3) is 0.720. The number of fused-ring (bicyclic) bond motifs is 5. The second-order valence-electron chi connectivity index (χ2n) is 10.8. The van der Waals surface area contributed by atoms with Gasteiger partial charge in [-0.05, 0) is 70.9 Å². The van der Waals surface area contributed by atoms with Crippen LogP contribution in [0.15, 0.2) is 23.8 Å². The van der Waals surface area contributed by atoms with Crippen molar-refractivity contribution in [3.05, 3.63) is 23.8 Å². The van der Waals surface area contributed by atoms with Crippen LogP contribution in [0.5, 0.6) is 0 Å². The zero-order valence-electron chi connectivity index (χ0n) is 19.8. The summed E-state index contributed by atoms with van der Waals surface area (Å²) < 4.78 is 28.4. The van der Waals surface area contributed by atoms with E-state index in [0.29, 0.717) is 24.8 Å². The van der Waals surface area contributed by atoms with Gasteiger partial charge in [0.05, 0.1) is 12.2 Å². The zero-order chi connectivity index (χ0) is 25.3. The molecule has 1 N–H and O–H groups in total. The van der Waals surface area contributed by atoms with Gasteiger partial charge in [-0.2, -0.15) is 0 Å². The van der Waals surface area contributed by atoms with Gasteiger partial charge in [0.2, 0.25) is 10.4 Å². The van der Waals surface area contributed by atoms with Crippen molar-refractivity contribution in [3.63, 3.8) is 0 Å². The maximum Gasteiger partial charge on any atom is 0.351 e. The first-order chi connectivity index (χ1) is 15.7. The summed E-state index contributed by atoms with van der Waals surface area (Å²) in [7, 11) is 0. The Hall–Kier alpha value is -1.44. The number of ketones is 1. The molecule has 7 atom stereocenters. The molecule has 34 heavy (non-hydrogen) atoms. The quantitative estimate of drug-likeness (QED) is 0.440. The van der Waals surface area contributed by atoms with Crippen molar-refractivity contribution in [1.82, 2.24) is 0 Å². The molecule has 3 fully saturated rings. The van der Waals surface area contributed by atoms with E-state index >= 15 is 4.39 Å². The number of carbonyl (C=O) groups excluding carboxylic acids is 3. The number of aliphatic hydroxyl groups excluding tert-OH is 1. The molecule has 6 nitrogen and oxygen atoms in total. The molecule has 0 aliphatic heterocycles. The standard InChI is InChI=1S/C25H31Cl2FO6/c1-13(2)33-21(32)24(34-20(31)19(26)27)10-8-16-17-6-5-14-11-15(29)7-9-22(14,3)25(17,28)18(30)12-23(16,24)4/h7,9,11,13,16-19,30H,5-6,8,10,12H2,1-4H3/t16-,17-,18-,22-,23-,24-,25-/m0/s1. The minimum atomic E-state index is -2.05. The fourth-order valence-corrected chi connectivity index (χ4v) is 7.36. The van der Waals surface area contributed by atoms with Gasteiger partial charge in [0.1, 0.15) is 0 Å². The highest BCUT2D eigenvalue weighted by molar-refractivity contribution is 6.53. The third-order valence-corrected chi connectivity index (χ3v) is 9.24. The van der Waals surface area contributed by atoms with E-state index in [1.54, 1.807) is 33.8 Å². The van der Waals surface area contributed by atoms with E-state index in [4.69, 9.17) is 32.7 Å². The van der Waals surface area contributed by atoms with Gasteiger partial charge in [-0.25, -0.2) is 14.0 Å². The van der Waals surface area contributed by atoms with Gasteiger partial charge in [0.15, 0.2) is 11.5 Å². The molecule has 4 aliphatic rings. The summed E-state index contributed by atoms with van der Waals surface area (Å²) >= 11 is 11.5. The first-order valence-electron chi connectivity index (χ1n) is 11.8. The van der Waals surface area contributed by atoms with Gasteiger partial charge in [0, 0.05) is 16.7 Å². The lowest BCUT2D eigenvalue weighted by molar-refractivity contribution is -0.233. The van der Waals surface area contributed by atoms with Crippen LogP contribution < -0.4 is 0 Å². The maximum absolute atomic E-state index is 17.2. The van der Waals surface area contributed by atoms with Crippen LogP contribution in [-0.2, 0) is 23.9 Å². The monoisotopic (exact) mass is 516 g/mol. The van der Waals surface area contributed by atoms with Gasteiger partial charge in [0.25, 0.3) is 0 Å². The van der Waals surface area contributed by atoms with Crippen molar-refractivity contribution in [2.45, 2.75) is 88.1 Å². The van der Waals surface area contributed by atoms with E-state index < -0.39 is 57.0 Å². The van der Waals surface area contributed by atoms with Crippen molar-refractivity contribution >= 4 is 40.9 Å². The Morgan fingerprint density at radius 2 is 1.88 bits per heavy atom. The van der Waals surface area contributed by atoms with Crippen molar-refractivity contribution in [2.75, 3.05) is 0 Å². The van der Waals surface area contributed by atoms with Crippen LogP contribution in [0.1, 0.15) is 59.8 Å². The van der Waals surface area contributed by atoms with E-state index in [2.05, 4.69) is 0 Å². The first-order valence-corrected chi connectivity index (χ1v) is 12.6. The highest BCUT2D eigenvalue weighted by Crippen LogP contribution is 2.70. The second kappa shape index (κ2) is 8.31. The number of allylic oxidation sites excluding steroid dienone is 4. The summed E-state index contributed by atoms with van der Waals surface area (Å²) in [6.45, 7) is 6.85. The molecule has 0 saturated heterocycles. The molecule has 4 rings (SSSR count). The number of halogens is 3. The summed E-state index contributed by atoms with van der Waals surface area (Å²) in [5, 5.41) is 11.4. The molecular weight excluding hydrogens is 486 g/mol. The molecule has 0 heterocycles. The summed E-state index contributed by atoms with van der Waals surface area (Å²) in [6, 6.07) is 0. The first kappa shape index (κ1) is 25.6. The third-order valence-electron chi connectivity index (χ3n) is 8.89. The molecular formula is C25H31Cl2FO6. The Kier molecular flexibility index (Phi) is 6.27. The van der Waals surface area contributed by atoms with Crippen molar-refractivity contribution in [3.8, 4) is 0 Å². The average Bonchev–Trinajstić information content (AvgIpc) is 3.02. The average molecular weight is 517 g/mol. The number of ether oxygens (including phenoxy) is 2. The van der Waals surface area contributed by atoms with E-state index in [1.807, 2.05) is 0 Å². The number of rotatable bonds is 4. The molecule has 0 aromatic heterocycles. The molecule has 0 bridgehead atoms. The lowest BCUT2D eigenvalue weighted by atomic mass is 9.45. The van der Waals surface area contributed by atoms with Crippen LogP contribution in [0.25, 0.3) is 0 Å². The predicted octanol–water partition coefficient (Wildman–Crippen LogP) is 4.39. The van der Waals surface area contributed by atoms with Gasteiger partial charge >= 0.3 is 11.9 Å². The molecule has 3 saturated carbocycles. The van der Waals surface area contributed by atoms with Crippen LogP contribution in [-0.4, -0.2) is 51.1 Å². The van der Waals surface area contributed by atoms with Crippen molar-refractivity contribution < 1.29 is 33.4 Å². The Morgan fingerprint density at radius 1 is 1.21 bits per heavy atom. The van der Waals surface area contributed by atoms with E-state index in [0.717, 1.165) is 0 Å². The molecule has 188 valence electrons. The third kappa shape index (κ3) is 3.33. The lowest BCUT2D eigenvalue weighted by Crippen LogP contribution is -2.69. The highest BCUT2D eigenvalue weighted by atomic mass is 35.5. The number of hydrogen-bond donors (Lipinski definition) is 1. The van der Waals surface area contributed by atoms with Crippen LogP contribution in [0.3, 0.4) is 0 Å². The molecule has 0 amide bonds. The molecule has 0 radical (unpaired) electrons. The molecule has 4 aliphatic carbocycles. The van der Waals surface area contributed by atoms with E-state index in [1.165, 1.54) is 12.2 Å². The van der Waals surface area contributed by atoms with E-state index in [9.17, 15) is 19.5 Å². The van der Waals surface area contributed by atoms with Crippen LogP contribution >= 0.6 is 23.2 Å². The fourth-order valence-electron chi connectivity index (χ4n) is 7.27. The predicted molar refractivity (Wildman–Crippen MR) is 124 cm³/mol. The molecule has 0 aromatic carbocycles. The summed E-state index contributed by atoms with van der Waals surface area (Å²) in [4.78, 5) is 36.4. The minimum Gasteiger partial charge on any atom is -0.460 e. The maximum atomic E-state index is 17.2. The van der Waals surface area contributed by atoms with Crippen LogP contribution in [0.4, 0.5) is 4.39 Å². The van der Waals surface area contributed by atoms with Crippen molar-refractivity contribution in [1.29, 1.82) is 0 Å². The summed E-state index contributed by atoms with van der Waals surface area (Å²) in [5.74, 6) is -2.92. The van der Waals surface area contributed by atoms with Gasteiger partial charge in [-0.15, -0.1) is 0 Å². The van der Waals surface area contributed by atoms with Gasteiger partial charge in [-0.3, -0.25) is 4.79 Å². The molecule has 0 unspecified atom stereocenters. The number of esters is 2. The number of hydrogen-bond acceptors (Lipinski definition) is 6. The van der Waals surface area contributed by atoms with E-state index in [-0.39, 0.29) is 24.5 Å². The topological polar surface area (TPSA) is 89.9 Å². The minimum absolute atomic E-state index is 0.110. The van der Waals surface area contributed by atoms with Crippen molar-refractivity contribution in [2.24, 2.45) is 22.7 Å². The second-order valence-corrected chi connectivity index (χ2v) is 11.9.